The van der Waals surface area contributed by atoms with Crippen LogP contribution in [0.2, 0.25) is 5.02 Å². The van der Waals surface area contributed by atoms with Gasteiger partial charge in [-0.15, -0.1) is 0 Å². The molecule has 1 unspecified atom stereocenters. The summed E-state index contributed by atoms with van der Waals surface area (Å²) in [5.74, 6) is -0.257. The van der Waals surface area contributed by atoms with E-state index in [4.69, 9.17) is 16.3 Å². The molecule has 126 valence electrons. The average Bonchev–Trinajstić information content (AvgIpc) is 2.58. The molecule has 2 saturated heterocycles. The number of nitrogens with one attached hydrogen (secondary N) is 1. The van der Waals surface area contributed by atoms with E-state index in [0.29, 0.717) is 37.8 Å². The minimum atomic E-state index is -0.359. The van der Waals surface area contributed by atoms with Crippen molar-refractivity contribution in [3.63, 3.8) is 0 Å². The van der Waals surface area contributed by atoms with Crippen LogP contribution in [0.25, 0.3) is 0 Å². The van der Waals surface area contributed by atoms with Crippen molar-refractivity contribution in [1.82, 2.24) is 15.1 Å². The Kier molecular flexibility index (Phi) is 5.48. The number of hydrogen-bond donors (Lipinski definition) is 1. The standard InChI is InChI=1S/C16H21ClFN3O2/c17-14-9-13(18)2-1-12(14)11-20-4-6-21(7-5-20)16(22)15-10-19-3-8-23-15/h1-2,9,15,19H,3-8,10-11H2. The first kappa shape index (κ1) is 16.6. The predicted molar refractivity (Wildman–Crippen MR) is 85.9 cm³/mol. The molecule has 2 aliphatic heterocycles. The van der Waals surface area contributed by atoms with Gasteiger partial charge in [0, 0.05) is 50.8 Å². The molecule has 7 heteroatoms. The van der Waals surface area contributed by atoms with Crippen molar-refractivity contribution in [2.24, 2.45) is 0 Å². The minimum Gasteiger partial charge on any atom is -0.366 e. The first-order valence-electron chi connectivity index (χ1n) is 7.91. The van der Waals surface area contributed by atoms with Crippen molar-refractivity contribution in [3.05, 3.63) is 34.6 Å². The number of benzene rings is 1. The van der Waals surface area contributed by atoms with Crippen LogP contribution in [0, 0.1) is 5.82 Å². The van der Waals surface area contributed by atoms with Crippen LogP contribution in [0.3, 0.4) is 0 Å². The number of hydrogen-bond acceptors (Lipinski definition) is 4. The molecule has 0 spiro atoms. The molecule has 0 bridgehead atoms. The highest BCUT2D eigenvalue weighted by Gasteiger charge is 2.29. The van der Waals surface area contributed by atoms with E-state index in [1.165, 1.54) is 12.1 Å². The number of amides is 1. The van der Waals surface area contributed by atoms with Gasteiger partial charge in [0.05, 0.1) is 6.61 Å². The van der Waals surface area contributed by atoms with Gasteiger partial charge in [0.25, 0.3) is 5.91 Å². The topological polar surface area (TPSA) is 44.8 Å². The van der Waals surface area contributed by atoms with Gasteiger partial charge in [-0.2, -0.15) is 0 Å². The number of ether oxygens (including phenoxy) is 1. The average molecular weight is 342 g/mol. The normalized spacial score (nSPS) is 23.0. The molecule has 2 heterocycles. The summed E-state index contributed by atoms with van der Waals surface area (Å²) < 4.78 is 18.6. The highest BCUT2D eigenvalue weighted by Crippen LogP contribution is 2.20. The fraction of sp³-hybridized carbons (Fsp3) is 0.562. The smallest absolute Gasteiger partial charge is 0.253 e. The molecule has 5 nitrogen and oxygen atoms in total. The molecule has 1 aromatic carbocycles. The number of carbonyl (C=O) groups is 1. The molecule has 1 N–H and O–H groups in total. The number of carbonyl (C=O) groups excluding carboxylic acids is 1. The summed E-state index contributed by atoms with van der Waals surface area (Å²) in [5, 5.41) is 3.63. The van der Waals surface area contributed by atoms with Gasteiger partial charge in [-0.25, -0.2) is 4.39 Å². The molecule has 0 aromatic heterocycles. The Morgan fingerprint density at radius 3 is 2.78 bits per heavy atom. The SMILES string of the molecule is O=C(C1CNCCO1)N1CCN(Cc2ccc(F)cc2Cl)CC1. The maximum Gasteiger partial charge on any atom is 0.253 e. The zero-order valence-electron chi connectivity index (χ0n) is 12.9. The number of morpholine rings is 1. The summed E-state index contributed by atoms with van der Waals surface area (Å²) in [4.78, 5) is 16.5. The van der Waals surface area contributed by atoms with Crippen molar-refractivity contribution < 1.29 is 13.9 Å². The highest BCUT2D eigenvalue weighted by atomic mass is 35.5. The van der Waals surface area contributed by atoms with Gasteiger partial charge in [0.15, 0.2) is 0 Å². The highest BCUT2D eigenvalue weighted by molar-refractivity contribution is 6.31. The van der Waals surface area contributed by atoms with Crippen LogP contribution >= 0.6 is 11.6 Å². The zero-order chi connectivity index (χ0) is 16.2. The molecule has 2 fully saturated rings. The number of halogens is 2. The summed E-state index contributed by atoms with van der Waals surface area (Å²) in [5.41, 5.74) is 0.910. The Bertz CT molecular complexity index is 558. The van der Waals surface area contributed by atoms with Crippen molar-refractivity contribution in [2.75, 3.05) is 45.9 Å². The van der Waals surface area contributed by atoms with Gasteiger partial charge < -0.3 is 15.0 Å². The third-order valence-electron chi connectivity index (χ3n) is 4.30. The second-order valence-corrected chi connectivity index (χ2v) is 6.31. The van der Waals surface area contributed by atoms with E-state index in [9.17, 15) is 9.18 Å². The van der Waals surface area contributed by atoms with Crippen molar-refractivity contribution in [2.45, 2.75) is 12.6 Å². The molecule has 0 saturated carbocycles. The summed E-state index contributed by atoms with van der Waals surface area (Å²) in [6, 6.07) is 4.48. The number of piperazine rings is 1. The quantitative estimate of drug-likeness (QED) is 0.894. The van der Waals surface area contributed by atoms with Gasteiger partial charge in [-0.3, -0.25) is 9.69 Å². The number of rotatable bonds is 3. The molecule has 1 amide bonds. The van der Waals surface area contributed by atoms with E-state index in [1.54, 1.807) is 6.07 Å². The minimum absolute atomic E-state index is 0.0664. The molecule has 0 radical (unpaired) electrons. The molecule has 3 rings (SSSR count). The molecule has 1 atom stereocenters. The maximum atomic E-state index is 13.1. The lowest BCUT2D eigenvalue weighted by Gasteiger charge is -2.37. The summed E-state index contributed by atoms with van der Waals surface area (Å²) >= 11 is 6.07. The van der Waals surface area contributed by atoms with E-state index >= 15 is 0 Å². The lowest BCUT2D eigenvalue weighted by Crippen LogP contribution is -2.54. The molecule has 2 aliphatic rings. The third kappa shape index (κ3) is 4.20. The number of nitrogens with zero attached hydrogens (tertiary/aromatic N) is 2. The molecular formula is C16H21ClFN3O2. The van der Waals surface area contributed by atoms with Crippen LogP contribution in [0.5, 0.6) is 0 Å². The Hall–Kier alpha value is -1.21. The van der Waals surface area contributed by atoms with Gasteiger partial charge in [-0.1, -0.05) is 17.7 Å². The van der Waals surface area contributed by atoms with Crippen LogP contribution in [-0.4, -0.2) is 67.7 Å². The fourth-order valence-electron chi connectivity index (χ4n) is 2.94. The molecular weight excluding hydrogens is 321 g/mol. The van der Waals surface area contributed by atoms with Gasteiger partial charge in [-0.05, 0) is 17.7 Å². The van der Waals surface area contributed by atoms with E-state index < -0.39 is 0 Å². The maximum absolute atomic E-state index is 13.1. The summed E-state index contributed by atoms with van der Waals surface area (Å²) in [6.07, 6.45) is -0.359. The Labute approximate surface area is 140 Å². The van der Waals surface area contributed by atoms with Crippen molar-refractivity contribution in [1.29, 1.82) is 0 Å². The Morgan fingerprint density at radius 2 is 2.13 bits per heavy atom. The van der Waals surface area contributed by atoms with Crippen LogP contribution < -0.4 is 5.32 Å². The molecule has 23 heavy (non-hydrogen) atoms. The second kappa shape index (κ2) is 7.57. The lowest BCUT2D eigenvalue weighted by molar-refractivity contribution is -0.147. The van der Waals surface area contributed by atoms with Crippen LogP contribution in [-0.2, 0) is 16.1 Å². The van der Waals surface area contributed by atoms with Gasteiger partial charge in [0.1, 0.15) is 11.9 Å². The zero-order valence-corrected chi connectivity index (χ0v) is 13.7. The van der Waals surface area contributed by atoms with Crippen molar-refractivity contribution in [3.8, 4) is 0 Å². The van der Waals surface area contributed by atoms with E-state index in [1.807, 2.05) is 4.90 Å². The molecule has 0 aliphatic carbocycles. The third-order valence-corrected chi connectivity index (χ3v) is 4.65. The van der Waals surface area contributed by atoms with E-state index in [-0.39, 0.29) is 17.8 Å². The van der Waals surface area contributed by atoms with Crippen LogP contribution in [0.1, 0.15) is 5.56 Å². The predicted octanol–water partition coefficient (Wildman–Crippen LogP) is 1.11. The first-order valence-corrected chi connectivity index (χ1v) is 8.28. The van der Waals surface area contributed by atoms with Gasteiger partial charge >= 0.3 is 0 Å². The monoisotopic (exact) mass is 341 g/mol. The largest absolute Gasteiger partial charge is 0.366 e. The fourth-order valence-corrected chi connectivity index (χ4v) is 3.17. The van der Waals surface area contributed by atoms with Crippen LogP contribution in [0.15, 0.2) is 18.2 Å². The van der Waals surface area contributed by atoms with Crippen LogP contribution in [0.4, 0.5) is 4.39 Å². The Balaban J connectivity index is 1.51. The van der Waals surface area contributed by atoms with Crippen molar-refractivity contribution >= 4 is 17.5 Å². The van der Waals surface area contributed by atoms with E-state index in [2.05, 4.69) is 10.2 Å². The Morgan fingerprint density at radius 1 is 1.35 bits per heavy atom. The first-order chi connectivity index (χ1) is 11.1. The van der Waals surface area contributed by atoms with E-state index in [0.717, 1.165) is 25.2 Å². The lowest BCUT2D eigenvalue weighted by atomic mass is 10.2. The van der Waals surface area contributed by atoms with Gasteiger partial charge in [0.2, 0.25) is 0 Å². The summed E-state index contributed by atoms with van der Waals surface area (Å²) in [6.45, 7) is 5.55. The summed E-state index contributed by atoms with van der Waals surface area (Å²) in [7, 11) is 0. The second-order valence-electron chi connectivity index (χ2n) is 5.90. The molecule has 1 aromatic rings.